The highest BCUT2D eigenvalue weighted by Gasteiger charge is 2.41. The van der Waals surface area contributed by atoms with Crippen molar-refractivity contribution in [3.63, 3.8) is 0 Å². The van der Waals surface area contributed by atoms with Crippen LogP contribution < -0.4 is 15.0 Å². The van der Waals surface area contributed by atoms with Gasteiger partial charge in [0.05, 0.1) is 5.56 Å². The maximum atomic E-state index is 13.8. The molecule has 1 N–H and O–H groups in total. The van der Waals surface area contributed by atoms with E-state index in [2.05, 4.69) is 15.0 Å². The van der Waals surface area contributed by atoms with Crippen LogP contribution in [0.15, 0.2) is 72.5 Å². The lowest BCUT2D eigenvalue weighted by Crippen LogP contribution is -2.28. The number of hydrogen-bond acceptors (Lipinski definition) is 3. The fraction of sp³-hybridized carbons (Fsp3) is 0.581. The van der Waals surface area contributed by atoms with Gasteiger partial charge in [0.15, 0.2) is 0 Å². The first kappa shape index (κ1) is 39.8. The van der Waals surface area contributed by atoms with Crippen molar-refractivity contribution in [1.29, 1.82) is 0 Å². The Kier molecular flexibility index (Phi) is 12.8. The molecule has 2 aliphatic carbocycles. The Morgan fingerprint density at radius 2 is 1.46 bits per heavy atom. The van der Waals surface area contributed by atoms with E-state index in [1.54, 1.807) is 12.1 Å². The van der Waals surface area contributed by atoms with Gasteiger partial charge in [0.1, 0.15) is 5.75 Å². The van der Waals surface area contributed by atoms with E-state index in [9.17, 15) is 26.3 Å². The molecule has 0 atom stereocenters. The average Bonchev–Trinajstić information content (AvgIpc) is 3.29. The first-order valence-electron chi connectivity index (χ1n) is 19.2. The minimum absolute atomic E-state index is 0.225. The Labute approximate surface area is 306 Å². The molecule has 2 fully saturated rings. The summed E-state index contributed by atoms with van der Waals surface area (Å²) in [6.07, 6.45) is 15.6. The van der Waals surface area contributed by atoms with E-state index < -0.39 is 28.9 Å². The number of rotatable bonds is 13. The quantitative estimate of drug-likeness (QED) is 0.164. The van der Waals surface area contributed by atoms with Gasteiger partial charge in [-0.2, -0.15) is 13.2 Å². The lowest BCUT2D eigenvalue weighted by molar-refractivity contribution is -0.274. The highest BCUT2D eigenvalue weighted by molar-refractivity contribution is 5.72. The number of alkyl halides is 6. The molecule has 2 saturated carbocycles. The SMILES string of the molecule is CC(C)(C/C=C/C=C/C=C1/N(CCC2CCCCC2)c2ccc(OC(F)(F)F)cc2C1(C)C)c1cc(C(F)(F)F)ccc1NCCC1CCCCC1. The van der Waals surface area contributed by atoms with Crippen LogP contribution in [-0.4, -0.2) is 19.5 Å². The number of nitrogens with zero attached hydrogens (tertiary/aromatic N) is 1. The van der Waals surface area contributed by atoms with Gasteiger partial charge in [-0.25, -0.2) is 0 Å². The van der Waals surface area contributed by atoms with Crippen molar-refractivity contribution >= 4 is 11.4 Å². The molecular formula is C43H56F6N2O. The van der Waals surface area contributed by atoms with Crippen molar-refractivity contribution < 1.29 is 31.1 Å². The maximum Gasteiger partial charge on any atom is 0.573 e. The van der Waals surface area contributed by atoms with Gasteiger partial charge in [-0.15, -0.1) is 13.2 Å². The minimum atomic E-state index is -4.77. The highest BCUT2D eigenvalue weighted by Crippen LogP contribution is 2.50. The molecule has 0 bridgehead atoms. The lowest BCUT2D eigenvalue weighted by Gasteiger charge is -2.29. The zero-order valence-electron chi connectivity index (χ0n) is 31.2. The third-order valence-electron chi connectivity index (χ3n) is 11.5. The molecule has 0 amide bonds. The molecule has 2 aromatic carbocycles. The number of fused-ring (bicyclic) bond motifs is 1. The Morgan fingerprint density at radius 3 is 2.10 bits per heavy atom. The topological polar surface area (TPSA) is 24.5 Å². The Morgan fingerprint density at radius 1 is 0.808 bits per heavy atom. The van der Waals surface area contributed by atoms with Gasteiger partial charge >= 0.3 is 12.5 Å². The van der Waals surface area contributed by atoms with Crippen LogP contribution in [0.5, 0.6) is 5.75 Å². The second-order valence-electron chi connectivity index (χ2n) is 16.2. The number of benzene rings is 2. The standard InChI is InChI=1S/C43H56F6N2O/c1-40(2,35-29-33(42(44,45)46)20-22-37(35)50-27-24-31-15-9-7-10-16-31)26-14-6-5-13-19-39-41(3,4)36-30-34(52-43(47,48)49)21-23-38(36)51(39)28-25-32-17-11-8-12-18-32/h5-6,13-14,19-23,29-32,50H,7-12,15-18,24-28H2,1-4H3/b13-5+,14-6+,39-19+. The van der Waals surface area contributed by atoms with Crippen LogP contribution in [0, 0.1) is 11.8 Å². The second-order valence-corrected chi connectivity index (χ2v) is 16.2. The molecule has 3 nitrogen and oxygen atoms in total. The molecule has 9 heteroatoms. The van der Waals surface area contributed by atoms with Crippen LogP contribution in [0.4, 0.5) is 37.7 Å². The molecule has 0 saturated heterocycles. The molecule has 1 heterocycles. The smallest absolute Gasteiger partial charge is 0.406 e. The van der Waals surface area contributed by atoms with E-state index in [1.807, 2.05) is 58.1 Å². The van der Waals surface area contributed by atoms with E-state index in [1.165, 1.54) is 88.5 Å². The molecule has 0 aromatic heterocycles. The molecule has 286 valence electrons. The predicted molar refractivity (Wildman–Crippen MR) is 200 cm³/mol. The number of allylic oxidation sites excluding steroid dienone is 6. The van der Waals surface area contributed by atoms with Crippen LogP contribution in [0.25, 0.3) is 0 Å². The summed E-state index contributed by atoms with van der Waals surface area (Å²) >= 11 is 0. The molecular weight excluding hydrogens is 674 g/mol. The normalized spacial score (nSPS) is 20.0. The van der Waals surface area contributed by atoms with Gasteiger partial charge in [0.25, 0.3) is 0 Å². The van der Waals surface area contributed by atoms with E-state index >= 15 is 0 Å². The molecule has 0 radical (unpaired) electrons. The van der Waals surface area contributed by atoms with Gasteiger partial charge in [-0.1, -0.05) is 116 Å². The van der Waals surface area contributed by atoms with Crippen LogP contribution in [0.1, 0.15) is 128 Å². The van der Waals surface area contributed by atoms with Crippen molar-refractivity contribution in [1.82, 2.24) is 0 Å². The van der Waals surface area contributed by atoms with Crippen LogP contribution >= 0.6 is 0 Å². The van der Waals surface area contributed by atoms with Crippen LogP contribution in [0.2, 0.25) is 0 Å². The number of anilines is 2. The molecule has 2 aromatic rings. The summed E-state index contributed by atoms with van der Waals surface area (Å²) in [5.41, 5.74) is 2.31. The molecule has 0 spiro atoms. The van der Waals surface area contributed by atoms with Gasteiger partial charge in [-0.05, 0) is 90.1 Å². The monoisotopic (exact) mass is 730 g/mol. The molecule has 0 unspecified atom stereocenters. The van der Waals surface area contributed by atoms with Crippen molar-refractivity contribution in [3.8, 4) is 5.75 Å². The first-order valence-corrected chi connectivity index (χ1v) is 19.2. The zero-order valence-corrected chi connectivity index (χ0v) is 31.2. The molecule has 5 rings (SSSR count). The third kappa shape index (κ3) is 10.4. The summed E-state index contributed by atoms with van der Waals surface area (Å²) in [5, 5.41) is 3.47. The fourth-order valence-corrected chi connectivity index (χ4v) is 8.46. The Hall–Kier alpha value is -3.36. The fourth-order valence-electron chi connectivity index (χ4n) is 8.46. The third-order valence-corrected chi connectivity index (χ3v) is 11.5. The summed E-state index contributed by atoms with van der Waals surface area (Å²) in [5.74, 6) is 1.09. The van der Waals surface area contributed by atoms with Gasteiger partial charge in [-0.3, -0.25) is 0 Å². The van der Waals surface area contributed by atoms with E-state index in [0.29, 0.717) is 23.8 Å². The van der Waals surface area contributed by atoms with Crippen molar-refractivity contribution in [3.05, 3.63) is 89.2 Å². The number of nitrogens with one attached hydrogen (secondary N) is 1. The van der Waals surface area contributed by atoms with E-state index in [0.717, 1.165) is 48.6 Å². The highest BCUT2D eigenvalue weighted by atomic mass is 19.4. The van der Waals surface area contributed by atoms with Gasteiger partial charge in [0, 0.05) is 35.6 Å². The Bertz CT molecular complexity index is 1570. The second kappa shape index (κ2) is 16.8. The Balaban J connectivity index is 1.31. The van der Waals surface area contributed by atoms with Crippen molar-refractivity contribution in [2.45, 2.75) is 135 Å². The zero-order chi connectivity index (χ0) is 37.6. The summed E-state index contributed by atoms with van der Waals surface area (Å²) in [7, 11) is 0. The summed E-state index contributed by atoms with van der Waals surface area (Å²) in [6.45, 7) is 9.52. The minimum Gasteiger partial charge on any atom is -0.406 e. The van der Waals surface area contributed by atoms with Crippen LogP contribution in [0.3, 0.4) is 0 Å². The lowest BCUT2D eigenvalue weighted by atomic mass is 9.79. The molecule has 3 aliphatic rings. The first-order chi connectivity index (χ1) is 24.5. The predicted octanol–water partition coefficient (Wildman–Crippen LogP) is 13.4. The summed E-state index contributed by atoms with van der Waals surface area (Å²) in [6, 6.07) is 8.68. The largest absolute Gasteiger partial charge is 0.573 e. The number of ether oxygens (including phenoxy) is 1. The average molecular weight is 731 g/mol. The van der Waals surface area contributed by atoms with Crippen LogP contribution in [-0.2, 0) is 17.0 Å². The number of halogens is 6. The maximum absolute atomic E-state index is 13.8. The molecule has 1 aliphatic heterocycles. The van der Waals surface area contributed by atoms with Crippen molar-refractivity contribution in [2.75, 3.05) is 23.3 Å². The summed E-state index contributed by atoms with van der Waals surface area (Å²) in [4.78, 5) is 2.24. The molecule has 52 heavy (non-hydrogen) atoms. The van der Waals surface area contributed by atoms with Gasteiger partial charge < -0.3 is 15.0 Å². The number of hydrogen-bond donors (Lipinski definition) is 1. The van der Waals surface area contributed by atoms with E-state index in [-0.39, 0.29) is 5.75 Å². The van der Waals surface area contributed by atoms with Gasteiger partial charge in [0.2, 0.25) is 0 Å². The van der Waals surface area contributed by atoms with Crippen molar-refractivity contribution in [2.24, 2.45) is 11.8 Å². The van der Waals surface area contributed by atoms with E-state index in [4.69, 9.17) is 0 Å². The summed E-state index contributed by atoms with van der Waals surface area (Å²) < 4.78 is 85.0.